The van der Waals surface area contributed by atoms with Crippen molar-refractivity contribution in [1.29, 1.82) is 0 Å². The lowest BCUT2D eigenvalue weighted by Gasteiger charge is -2.12. The summed E-state index contributed by atoms with van der Waals surface area (Å²) in [7, 11) is 1.98. The van der Waals surface area contributed by atoms with Crippen LogP contribution in [-0.4, -0.2) is 29.5 Å². The molecule has 0 heterocycles. The second-order valence-electron chi connectivity index (χ2n) is 3.27. The van der Waals surface area contributed by atoms with Crippen molar-refractivity contribution in [1.82, 2.24) is 5.32 Å². The van der Waals surface area contributed by atoms with E-state index in [-0.39, 0.29) is 11.4 Å². The molecule has 0 aliphatic heterocycles. The van der Waals surface area contributed by atoms with Gasteiger partial charge in [-0.05, 0) is 32.7 Å². The average Bonchev–Trinajstić information content (AvgIpc) is 2.16. The van der Waals surface area contributed by atoms with Gasteiger partial charge in [0.25, 0.3) is 0 Å². The van der Waals surface area contributed by atoms with E-state index < -0.39 is 0 Å². The molecule has 0 aromatic rings. The molecule has 0 radical (unpaired) electrons. The molecule has 0 spiro atoms. The first-order chi connectivity index (χ1) is 5.24. The molecule has 66 valence electrons. The largest absolute Gasteiger partial charge is 0.392 e. The van der Waals surface area contributed by atoms with Crippen molar-refractivity contribution < 1.29 is 5.11 Å². The molecule has 0 saturated heterocycles. The fourth-order valence-electron chi connectivity index (χ4n) is 1.56. The van der Waals surface area contributed by atoms with Gasteiger partial charge in [-0.15, -0.1) is 0 Å². The van der Waals surface area contributed by atoms with Gasteiger partial charge in [0.15, 0.2) is 0 Å². The molecule has 3 atom stereocenters. The molecule has 2 nitrogen and oxygen atoms in total. The van der Waals surface area contributed by atoms with Crippen LogP contribution in [0.5, 0.6) is 0 Å². The fourth-order valence-corrected chi connectivity index (χ4v) is 1.86. The Morgan fingerprint density at radius 3 is 2.55 bits per heavy atom. The molecule has 0 aromatic heterocycles. The summed E-state index contributed by atoms with van der Waals surface area (Å²) >= 11 is 4.33. The van der Waals surface area contributed by atoms with Crippen molar-refractivity contribution in [2.45, 2.75) is 43.1 Å². The Morgan fingerprint density at radius 2 is 1.91 bits per heavy atom. The number of rotatable bonds is 1. The van der Waals surface area contributed by atoms with E-state index >= 15 is 0 Å². The quantitative estimate of drug-likeness (QED) is 0.407. The van der Waals surface area contributed by atoms with Crippen LogP contribution in [0.4, 0.5) is 0 Å². The monoisotopic (exact) mass is 175 g/mol. The Kier molecular flexibility index (Phi) is 3.69. The predicted molar refractivity (Wildman–Crippen MR) is 50.1 cm³/mol. The van der Waals surface area contributed by atoms with Crippen LogP contribution in [-0.2, 0) is 0 Å². The maximum atomic E-state index is 9.47. The van der Waals surface area contributed by atoms with Crippen LogP contribution < -0.4 is 5.32 Å². The van der Waals surface area contributed by atoms with Gasteiger partial charge < -0.3 is 10.4 Å². The summed E-state index contributed by atoms with van der Waals surface area (Å²) in [5.41, 5.74) is 0. The minimum absolute atomic E-state index is 0.188. The second-order valence-corrected chi connectivity index (χ2v) is 3.94. The van der Waals surface area contributed by atoms with E-state index in [0.29, 0.717) is 6.04 Å². The number of thiol groups is 1. The van der Waals surface area contributed by atoms with E-state index in [1.807, 2.05) is 7.05 Å². The van der Waals surface area contributed by atoms with Crippen LogP contribution in [0.2, 0.25) is 0 Å². The van der Waals surface area contributed by atoms with Gasteiger partial charge in [0.2, 0.25) is 0 Å². The van der Waals surface area contributed by atoms with Crippen LogP contribution in [0.15, 0.2) is 0 Å². The molecule has 3 heteroatoms. The number of hydrogen-bond donors (Lipinski definition) is 3. The first kappa shape index (κ1) is 9.36. The SMILES string of the molecule is CNC1CCC(O)C(S)CC1. The van der Waals surface area contributed by atoms with Crippen molar-refractivity contribution in [2.24, 2.45) is 0 Å². The van der Waals surface area contributed by atoms with E-state index in [2.05, 4.69) is 17.9 Å². The van der Waals surface area contributed by atoms with Crippen molar-refractivity contribution >= 4 is 12.6 Å². The van der Waals surface area contributed by atoms with E-state index in [0.717, 1.165) is 25.7 Å². The average molecular weight is 175 g/mol. The Bertz CT molecular complexity index is 109. The molecule has 2 N–H and O–H groups in total. The van der Waals surface area contributed by atoms with E-state index in [1.165, 1.54) is 0 Å². The predicted octanol–water partition coefficient (Wildman–Crippen LogP) is 0.808. The summed E-state index contributed by atoms with van der Waals surface area (Å²) in [6.07, 6.45) is 3.93. The highest BCUT2D eigenvalue weighted by Gasteiger charge is 2.22. The number of hydrogen-bond acceptors (Lipinski definition) is 3. The van der Waals surface area contributed by atoms with Crippen molar-refractivity contribution in [3.05, 3.63) is 0 Å². The van der Waals surface area contributed by atoms with Gasteiger partial charge in [0.1, 0.15) is 0 Å². The molecule has 1 fully saturated rings. The molecule has 0 amide bonds. The summed E-state index contributed by atoms with van der Waals surface area (Å²) in [5, 5.41) is 12.9. The topological polar surface area (TPSA) is 32.3 Å². The zero-order chi connectivity index (χ0) is 8.27. The molecule has 1 aliphatic rings. The van der Waals surface area contributed by atoms with Gasteiger partial charge >= 0.3 is 0 Å². The van der Waals surface area contributed by atoms with E-state index in [4.69, 9.17) is 0 Å². The van der Waals surface area contributed by atoms with Crippen molar-refractivity contribution in [2.75, 3.05) is 7.05 Å². The summed E-state index contributed by atoms with van der Waals surface area (Å²) < 4.78 is 0. The van der Waals surface area contributed by atoms with Gasteiger partial charge in [-0.3, -0.25) is 0 Å². The highest BCUT2D eigenvalue weighted by Crippen LogP contribution is 2.21. The summed E-state index contributed by atoms with van der Waals surface area (Å²) in [6, 6.07) is 0.585. The maximum Gasteiger partial charge on any atom is 0.0656 e. The molecule has 1 rings (SSSR count). The third-order valence-corrected chi connectivity index (χ3v) is 3.08. The Hall–Kier alpha value is 0.270. The molecule has 0 bridgehead atoms. The van der Waals surface area contributed by atoms with Crippen LogP contribution in [0, 0.1) is 0 Å². The van der Waals surface area contributed by atoms with Crippen molar-refractivity contribution in [3.63, 3.8) is 0 Å². The molecule has 1 saturated carbocycles. The van der Waals surface area contributed by atoms with Crippen LogP contribution >= 0.6 is 12.6 Å². The zero-order valence-corrected chi connectivity index (χ0v) is 7.85. The Morgan fingerprint density at radius 1 is 1.27 bits per heavy atom. The second kappa shape index (κ2) is 4.33. The highest BCUT2D eigenvalue weighted by atomic mass is 32.1. The molecule has 1 aliphatic carbocycles. The number of aliphatic hydroxyl groups excluding tert-OH is 1. The van der Waals surface area contributed by atoms with E-state index in [1.54, 1.807) is 0 Å². The van der Waals surface area contributed by atoms with Gasteiger partial charge in [-0.25, -0.2) is 0 Å². The molecular weight excluding hydrogens is 158 g/mol. The Labute approximate surface area is 73.8 Å². The molecular formula is C8H17NOS. The summed E-state index contributed by atoms with van der Waals surface area (Å²) in [5.74, 6) is 0. The lowest BCUT2D eigenvalue weighted by Crippen LogP contribution is -2.24. The van der Waals surface area contributed by atoms with Crippen LogP contribution in [0.3, 0.4) is 0 Å². The van der Waals surface area contributed by atoms with Gasteiger partial charge in [0, 0.05) is 11.3 Å². The van der Waals surface area contributed by atoms with Gasteiger partial charge in [-0.1, -0.05) is 0 Å². The third-order valence-electron chi connectivity index (χ3n) is 2.47. The van der Waals surface area contributed by atoms with Gasteiger partial charge in [0.05, 0.1) is 6.10 Å². The van der Waals surface area contributed by atoms with Gasteiger partial charge in [-0.2, -0.15) is 12.6 Å². The smallest absolute Gasteiger partial charge is 0.0656 e. The molecule has 3 unspecified atom stereocenters. The maximum absolute atomic E-state index is 9.47. The molecule has 0 aromatic carbocycles. The third kappa shape index (κ3) is 2.65. The lowest BCUT2D eigenvalue weighted by atomic mass is 10.1. The number of nitrogens with one attached hydrogen (secondary N) is 1. The van der Waals surface area contributed by atoms with E-state index in [9.17, 15) is 5.11 Å². The summed E-state index contributed by atoms with van der Waals surface area (Å²) in [4.78, 5) is 0. The minimum Gasteiger partial charge on any atom is -0.392 e. The zero-order valence-electron chi connectivity index (χ0n) is 6.95. The molecule has 11 heavy (non-hydrogen) atoms. The minimum atomic E-state index is -0.198. The van der Waals surface area contributed by atoms with Crippen LogP contribution in [0.25, 0.3) is 0 Å². The van der Waals surface area contributed by atoms with Crippen molar-refractivity contribution in [3.8, 4) is 0 Å². The standard InChI is InChI=1S/C8H17NOS/c1-9-6-2-4-7(10)8(11)5-3-6/h6-11H,2-5H2,1H3. The first-order valence-electron chi connectivity index (χ1n) is 4.27. The normalized spacial score (nSPS) is 40.1. The number of aliphatic hydroxyl groups is 1. The fraction of sp³-hybridized carbons (Fsp3) is 1.00. The van der Waals surface area contributed by atoms with Crippen LogP contribution in [0.1, 0.15) is 25.7 Å². The highest BCUT2D eigenvalue weighted by molar-refractivity contribution is 7.81. The summed E-state index contributed by atoms with van der Waals surface area (Å²) in [6.45, 7) is 0. The lowest BCUT2D eigenvalue weighted by molar-refractivity contribution is 0.163. The first-order valence-corrected chi connectivity index (χ1v) is 4.79. The Balaban J connectivity index is 2.38.